The number of hydrogen-bond acceptors (Lipinski definition) is 3. The Balaban J connectivity index is 1.57. The Morgan fingerprint density at radius 3 is 2.14 bits per heavy atom. The van der Waals surface area contributed by atoms with E-state index in [4.69, 9.17) is 0 Å². The maximum atomic E-state index is 12.2. The van der Waals surface area contributed by atoms with Crippen LogP contribution in [0.4, 0.5) is 17.1 Å². The molecular weight excluding hydrogens is 350 g/mol. The van der Waals surface area contributed by atoms with Crippen LogP contribution < -0.4 is 16.0 Å². The normalized spacial score (nSPS) is 10.2. The van der Waals surface area contributed by atoms with E-state index >= 15 is 0 Å². The standard InChI is InChI=1S/C23H23N3O2/c1-16-11-12-19(13-17(16)2)24-15-22(27)25-20-9-6-10-21(14-20)26-23(28)18-7-4-3-5-8-18/h3-14,24H,15H2,1-2H3,(H,25,27)(H,26,28). The first kappa shape index (κ1) is 19.2. The van der Waals surface area contributed by atoms with Crippen LogP contribution in [0.2, 0.25) is 0 Å². The highest BCUT2D eigenvalue weighted by Crippen LogP contribution is 2.17. The van der Waals surface area contributed by atoms with Gasteiger partial charge in [-0.15, -0.1) is 0 Å². The summed E-state index contributed by atoms with van der Waals surface area (Å²) >= 11 is 0. The van der Waals surface area contributed by atoms with Crippen LogP contribution in [0.5, 0.6) is 0 Å². The maximum absolute atomic E-state index is 12.2. The summed E-state index contributed by atoms with van der Waals surface area (Å²) in [6.07, 6.45) is 0. The number of carbonyl (C=O) groups excluding carboxylic acids is 2. The van der Waals surface area contributed by atoms with E-state index in [1.807, 2.05) is 43.3 Å². The van der Waals surface area contributed by atoms with Crippen LogP contribution in [0.15, 0.2) is 72.8 Å². The van der Waals surface area contributed by atoms with Crippen molar-refractivity contribution in [2.24, 2.45) is 0 Å². The van der Waals surface area contributed by atoms with Gasteiger partial charge in [-0.3, -0.25) is 9.59 Å². The summed E-state index contributed by atoms with van der Waals surface area (Å²) in [7, 11) is 0. The molecule has 0 heterocycles. The monoisotopic (exact) mass is 373 g/mol. The quantitative estimate of drug-likeness (QED) is 0.591. The summed E-state index contributed by atoms with van der Waals surface area (Å²) in [4.78, 5) is 24.5. The van der Waals surface area contributed by atoms with E-state index in [0.717, 1.165) is 5.69 Å². The topological polar surface area (TPSA) is 70.2 Å². The number of anilines is 3. The van der Waals surface area contributed by atoms with E-state index in [2.05, 4.69) is 22.9 Å². The first-order chi connectivity index (χ1) is 13.5. The molecule has 3 aromatic rings. The first-order valence-corrected chi connectivity index (χ1v) is 9.09. The molecule has 142 valence electrons. The van der Waals surface area contributed by atoms with E-state index in [1.54, 1.807) is 36.4 Å². The molecule has 28 heavy (non-hydrogen) atoms. The lowest BCUT2D eigenvalue weighted by atomic mass is 10.1. The van der Waals surface area contributed by atoms with E-state index in [1.165, 1.54) is 11.1 Å². The second-order valence-electron chi connectivity index (χ2n) is 6.60. The van der Waals surface area contributed by atoms with Crippen molar-refractivity contribution in [1.29, 1.82) is 0 Å². The molecule has 0 spiro atoms. The molecule has 0 aromatic heterocycles. The number of nitrogens with one attached hydrogen (secondary N) is 3. The number of carbonyl (C=O) groups is 2. The summed E-state index contributed by atoms with van der Waals surface area (Å²) in [5, 5.41) is 8.79. The second kappa shape index (κ2) is 8.86. The van der Waals surface area contributed by atoms with Crippen molar-refractivity contribution >= 4 is 28.9 Å². The molecule has 3 rings (SSSR count). The van der Waals surface area contributed by atoms with Gasteiger partial charge in [-0.1, -0.05) is 30.3 Å². The summed E-state index contributed by atoms with van der Waals surface area (Å²) in [6.45, 7) is 4.24. The van der Waals surface area contributed by atoms with E-state index in [-0.39, 0.29) is 18.4 Å². The van der Waals surface area contributed by atoms with Crippen molar-refractivity contribution in [2.75, 3.05) is 22.5 Å². The van der Waals surface area contributed by atoms with Gasteiger partial charge in [0, 0.05) is 22.6 Å². The number of aryl methyl sites for hydroxylation is 2. The SMILES string of the molecule is Cc1ccc(NCC(=O)Nc2cccc(NC(=O)c3ccccc3)c2)cc1C. The van der Waals surface area contributed by atoms with Crippen molar-refractivity contribution in [3.8, 4) is 0 Å². The van der Waals surface area contributed by atoms with Crippen molar-refractivity contribution < 1.29 is 9.59 Å². The van der Waals surface area contributed by atoms with Crippen LogP contribution in [0.25, 0.3) is 0 Å². The average Bonchev–Trinajstić information content (AvgIpc) is 2.70. The van der Waals surface area contributed by atoms with Crippen molar-refractivity contribution in [3.05, 3.63) is 89.5 Å². The highest BCUT2D eigenvalue weighted by molar-refractivity contribution is 6.04. The minimum atomic E-state index is -0.194. The Bertz CT molecular complexity index is 984. The molecule has 0 aliphatic heterocycles. The molecule has 3 aromatic carbocycles. The fourth-order valence-corrected chi connectivity index (χ4v) is 2.71. The fourth-order valence-electron chi connectivity index (χ4n) is 2.71. The summed E-state index contributed by atoms with van der Waals surface area (Å²) in [6, 6.07) is 22.1. The van der Waals surface area contributed by atoms with Gasteiger partial charge in [0.1, 0.15) is 0 Å². The smallest absolute Gasteiger partial charge is 0.255 e. The second-order valence-corrected chi connectivity index (χ2v) is 6.60. The van der Waals surface area contributed by atoms with Gasteiger partial charge in [0.05, 0.1) is 6.54 Å². The molecular formula is C23H23N3O2. The third-order valence-electron chi connectivity index (χ3n) is 4.40. The van der Waals surface area contributed by atoms with Crippen LogP contribution in [0, 0.1) is 13.8 Å². The predicted molar refractivity (Wildman–Crippen MR) is 114 cm³/mol. The zero-order valence-electron chi connectivity index (χ0n) is 16.0. The van der Waals surface area contributed by atoms with Crippen molar-refractivity contribution in [2.45, 2.75) is 13.8 Å². The van der Waals surface area contributed by atoms with Gasteiger partial charge in [0.25, 0.3) is 5.91 Å². The van der Waals surface area contributed by atoms with E-state index in [0.29, 0.717) is 16.9 Å². The van der Waals surface area contributed by atoms with Gasteiger partial charge >= 0.3 is 0 Å². The summed E-state index contributed by atoms with van der Waals surface area (Å²) in [5.41, 5.74) is 5.11. The van der Waals surface area contributed by atoms with Gasteiger partial charge in [-0.05, 0) is 67.4 Å². The average molecular weight is 373 g/mol. The molecule has 0 unspecified atom stereocenters. The minimum Gasteiger partial charge on any atom is -0.376 e. The number of amides is 2. The van der Waals surface area contributed by atoms with Crippen molar-refractivity contribution in [1.82, 2.24) is 0 Å². The molecule has 0 fully saturated rings. The Morgan fingerprint density at radius 1 is 0.714 bits per heavy atom. The van der Waals surface area contributed by atoms with E-state index < -0.39 is 0 Å². The van der Waals surface area contributed by atoms with Gasteiger partial charge in [-0.25, -0.2) is 0 Å². The van der Waals surface area contributed by atoms with Crippen molar-refractivity contribution in [3.63, 3.8) is 0 Å². The first-order valence-electron chi connectivity index (χ1n) is 9.09. The molecule has 0 radical (unpaired) electrons. The predicted octanol–water partition coefficient (Wildman–Crippen LogP) is 4.61. The lowest BCUT2D eigenvalue weighted by molar-refractivity contribution is -0.114. The van der Waals surface area contributed by atoms with Crippen LogP contribution in [0.3, 0.4) is 0 Å². The third-order valence-corrected chi connectivity index (χ3v) is 4.40. The highest BCUT2D eigenvalue weighted by atomic mass is 16.2. The third kappa shape index (κ3) is 5.20. The Kier molecular flexibility index (Phi) is 6.07. The van der Waals surface area contributed by atoms with Crippen LogP contribution in [-0.4, -0.2) is 18.4 Å². The summed E-state index contributed by atoms with van der Waals surface area (Å²) < 4.78 is 0. The number of rotatable bonds is 6. The largest absolute Gasteiger partial charge is 0.376 e. The minimum absolute atomic E-state index is 0.156. The maximum Gasteiger partial charge on any atom is 0.255 e. The van der Waals surface area contributed by atoms with Gasteiger partial charge in [0.15, 0.2) is 0 Å². The van der Waals surface area contributed by atoms with E-state index in [9.17, 15) is 9.59 Å². The zero-order chi connectivity index (χ0) is 19.9. The van der Waals surface area contributed by atoms with Crippen LogP contribution in [0.1, 0.15) is 21.5 Å². The van der Waals surface area contributed by atoms with Gasteiger partial charge in [-0.2, -0.15) is 0 Å². The van der Waals surface area contributed by atoms with Crippen LogP contribution in [-0.2, 0) is 4.79 Å². The molecule has 0 aliphatic carbocycles. The Morgan fingerprint density at radius 2 is 1.43 bits per heavy atom. The fraction of sp³-hybridized carbons (Fsp3) is 0.130. The van der Waals surface area contributed by atoms with Crippen LogP contribution >= 0.6 is 0 Å². The van der Waals surface area contributed by atoms with Gasteiger partial charge < -0.3 is 16.0 Å². The molecule has 0 bridgehead atoms. The Labute approximate surface area is 164 Å². The lowest BCUT2D eigenvalue weighted by Gasteiger charge is -2.11. The molecule has 0 atom stereocenters. The molecule has 0 saturated heterocycles. The lowest BCUT2D eigenvalue weighted by Crippen LogP contribution is -2.22. The number of benzene rings is 3. The number of hydrogen-bond donors (Lipinski definition) is 3. The molecule has 0 aliphatic rings. The Hall–Kier alpha value is -3.60. The highest BCUT2D eigenvalue weighted by Gasteiger charge is 2.07. The molecule has 3 N–H and O–H groups in total. The van der Waals surface area contributed by atoms with Gasteiger partial charge in [0.2, 0.25) is 5.91 Å². The summed E-state index contributed by atoms with van der Waals surface area (Å²) in [5.74, 6) is -0.356. The zero-order valence-corrected chi connectivity index (χ0v) is 16.0. The molecule has 5 nitrogen and oxygen atoms in total. The molecule has 0 saturated carbocycles. The molecule has 2 amide bonds. The molecule has 5 heteroatoms.